The minimum Gasteiger partial charge on any atom is -0.294 e. The topological polar surface area (TPSA) is 83.6 Å². The number of nitrogens with one attached hydrogen (secondary N) is 1. The molecule has 0 saturated heterocycles. The molecule has 6 nitrogen and oxygen atoms in total. The number of ketones is 1. The summed E-state index contributed by atoms with van der Waals surface area (Å²) in [5.41, 5.74) is -3.03. The van der Waals surface area contributed by atoms with Gasteiger partial charge in [0.2, 0.25) is 15.6 Å². The maximum absolute atomic E-state index is 15.0. The van der Waals surface area contributed by atoms with Gasteiger partial charge in [-0.25, -0.2) is 8.42 Å². The van der Waals surface area contributed by atoms with Crippen molar-refractivity contribution in [3.8, 4) is 0 Å². The highest BCUT2D eigenvalue weighted by Crippen LogP contribution is 2.53. The van der Waals surface area contributed by atoms with Crippen LogP contribution >= 0.6 is 0 Å². The zero-order valence-electron chi connectivity index (χ0n) is 20.6. The van der Waals surface area contributed by atoms with Gasteiger partial charge >= 0.3 is 6.18 Å². The molecular weight excluding hydrogens is 493 g/mol. The van der Waals surface area contributed by atoms with Crippen LogP contribution < -0.4 is 9.62 Å². The zero-order chi connectivity index (χ0) is 26.8. The van der Waals surface area contributed by atoms with Crippen LogP contribution in [0.2, 0.25) is 0 Å². The van der Waals surface area contributed by atoms with Gasteiger partial charge in [0.05, 0.1) is 10.5 Å². The first kappa shape index (κ1) is 26.1. The monoisotopic (exact) mass is 520 g/mol. The summed E-state index contributed by atoms with van der Waals surface area (Å²) in [6.07, 6.45) is -5.71. The Balaban J connectivity index is 1.99. The minimum atomic E-state index is -5.44. The highest BCUT2D eigenvalue weighted by Gasteiger charge is 2.72. The standard InChI is InChI=1S/C26H27F3N2O4S/c1-15-6-10-19(11-7-15)36(34,35)30-25(26(27,28)29)22-20(13-24(4,5)14-21(22)32)31(23(25)33)18-9-8-16(2)17(3)12-18/h6-12,30H,13-14H2,1-5H3/t25-/m0/s1. The lowest BCUT2D eigenvalue weighted by atomic mass is 9.72. The molecule has 1 aliphatic heterocycles. The second kappa shape index (κ2) is 8.27. The molecule has 2 aliphatic rings. The number of hydrogen-bond donors (Lipinski definition) is 1. The molecule has 0 radical (unpaired) electrons. The number of rotatable bonds is 4. The molecule has 36 heavy (non-hydrogen) atoms. The van der Waals surface area contributed by atoms with E-state index in [-0.39, 0.29) is 24.2 Å². The van der Waals surface area contributed by atoms with Gasteiger partial charge in [-0.15, -0.1) is 0 Å². The van der Waals surface area contributed by atoms with Gasteiger partial charge in [0.1, 0.15) is 0 Å². The van der Waals surface area contributed by atoms with E-state index in [0.29, 0.717) is 5.56 Å². The van der Waals surface area contributed by atoms with E-state index in [2.05, 4.69) is 0 Å². The average Bonchev–Trinajstić information content (AvgIpc) is 2.97. The van der Waals surface area contributed by atoms with Crippen molar-refractivity contribution in [2.45, 2.75) is 64.1 Å². The summed E-state index contributed by atoms with van der Waals surface area (Å²) in [5, 5.41) is 0. The van der Waals surface area contributed by atoms with Crippen LogP contribution in [0.4, 0.5) is 18.9 Å². The first-order valence-electron chi connectivity index (χ1n) is 11.4. The maximum atomic E-state index is 15.0. The first-order chi connectivity index (χ1) is 16.5. The normalized spacial score (nSPS) is 22.3. The number of hydrogen-bond acceptors (Lipinski definition) is 4. The van der Waals surface area contributed by atoms with E-state index < -0.39 is 49.3 Å². The molecule has 0 fully saturated rings. The van der Waals surface area contributed by atoms with Crippen molar-refractivity contribution in [1.82, 2.24) is 4.72 Å². The second-order valence-electron chi connectivity index (χ2n) is 10.3. The van der Waals surface area contributed by atoms with Crippen LogP contribution in [-0.2, 0) is 19.6 Å². The van der Waals surface area contributed by atoms with Gasteiger partial charge in [0.15, 0.2) is 5.78 Å². The number of sulfonamides is 1. The Labute approximate surface area is 208 Å². The predicted molar refractivity (Wildman–Crippen MR) is 129 cm³/mol. The summed E-state index contributed by atoms with van der Waals surface area (Å²) < 4.78 is 73.1. The molecule has 2 aromatic rings. The molecule has 0 bridgehead atoms. The van der Waals surface area contributed by atoms with Gasteiger partial charge in [-0.3, -0.25) is 14.5 Å². The molecule has 1 N–H and O–H groups in total. The third-order valence-electron chi connectivity index (χ3n) is 6.81. The fourth-order valence-corrected chi connectivity index (χ4v) is 6.15. The van der Waals surface area contributed by atoms with Crippen LogP contribution in [0, 0.1) is 26.2 Å². The Morgan fingerprint density at radius 2 is 1.53 bits per heavy atom. The molecule has 0 spiro atoms. The van der Waals surface area contributed by atoms with E-state index in [0.717, 1.165) is 28.2 Å². The third-order valence-corrected chi connectivity index (χ3v) is 8.28. The van der Waals surface area contributed by atoms with Gasteiger partial charge in [-0.2, -0.15) is 17.9 Å². The van der Waals surface area contributed by atoms with E-state index in [4.69, 9.17) is 0 Å². The Morgan fingerprint density at radius 3 is 2.08 bits per heavy atom. The lowest BCUT2D eigenvalue weighted by molar-refractivity contribution is -0.184. The number of alkyl halides is 3. The predicted octanol–water partition coefficient (Wildman–Crippen LogP) is 4.88. The van der Waals surface area contributed by atoms with Crippen molar-refractivity contribution in [3.63, 3.8) is 0 Å². The van der Waals surface area contributed by atoms with E-state index in [9.17, 15) is 31.2 Å². The number of Topliss-reactive ketones (excluding diaryl/α,β-unsaturated/α-hetero) is 1. The molecule has 0 aromatic heterocycles. The number of carbonyl (C=O) groups is 2. The Morgan fingerprint density at radius 1 is 0.917 bits per heavy atom. The van der Waals surface area contributed by atoms with E-state index in [1.165, 1.54) is 18.2 Å². The highest BCUT2D eigenvalue weighted by molar-refractivity contribution is 7.89. The largest absolute Gasteiger partial charge is 0.421 e. The van der Waals surface area contributed by atoms with Gasteiger partial charge < -0.3 is 0 Å². The fraction of sp³-hybridized carbons (Fsp3) is 0.385. The number of nitrogens with zero attached hydrogens (tertiary/aromatic N) is 1. The number of amides is 1. The second-order valence-corrected chi connectivity index (χ2v) is 12.0. The Hall–Kier alpha value is -2.98. The fourth-order valence-electron chi connectivity index (χ4n) is 4.83. The van der Waals surface area contributed by atoms with Crippen LogP contribution in [0.15, 0.2) is 58.6 Å². The number of allylic oxidation sites excluding steroid dienone is 1. The van der Waals surface area contributed by atoms with E-state index >= 15 is 0 Å². The summed E-state index contributed by atoms with van der Waals surface area (Å²) >= 11 is 0. The molecule has 192 valence electrons. The molecule has 10 heteroatoms. The number of anilines is 1. The van der Waals surface area contributed by atoms with E-state index in [1.807, 2.05) is 6.92 Å². The SMILES string of the molecule is Cc1ccc(S(=O)(=O)N[C@]2(C(F)(F)F)C(=O)N(c3ccc(C)c(C)c3)C3=C2C(=O)CC(C)(C)C3)cc1. The summed E-state index contributed by atoms with van der Waals surface area (Å²) in [6, 6.07) is 9.91. The van der Waals surface area contributed by atoms with Crippen molar-refractivity contribution in [3.05, 3.63) is 70.4 Å². The summed E-state index contributed by atoms with van der Waals surface area (Å²) in [4.78, 5) is 27.6. The van der Waals surface area contributed by atoms with Crippen molar-refractivity contribution < 1.29 is 31.2 Å². The molecule has 1 atom stereocenters. The van der Waals surface area contributed by atoms with Crippen LogP contribution in [-0.4, -0.2) is 31.8 Å². The Kier molecular flexibility index (Phi) is 6.00. The van der Waals surface area contributed by atoms with Crippen molar-refractivity contribution >= 4 is 27.4 Å². The minimum absolute atomic E-state index is 0.0170. The average molecular weight is 521 g/mol. The lowest BCUT2D eigenvalue weighted by Crippen LogP contribution is -2.66. The number of benzene rings is 2. The quantitative estimate of drug-likeness (QED) is 0.623. The van der Waals surface area contributed by atoms with Crippen molar-refractivity contribution in [2.24, 2.45) is 5.41 Å². The van der Waals surface area contributed by atoms with Crippen molar-refractivity contribution in [1.29, 1.82) is 0 Å². The molecule has 0 unspecified atom stereocenters. The van der Waals surface area contributed by atoms with Crippen LogP contribution in [0.1, 0.15) is 43.4 Å². The molecule has 2 aromatic carbocycles. The summed E-state index contributed by atoms with van der Waals surface area (Å²) in [5.74, 6) is -2.48. The third kappa shape index (κ3) is 4.06. The summed E-state index contributed by atoms with van der Waals surface area (Å²) in [7, 11) is -4.86. The van der Waals surface area contributed by atoms with Gasteiger partial charge in [-0.05, 0) is 68.0 Å². The molecule has 4 rings (SSSR count). The van der Waals surface area contributed by atoms with Crippen LogP contribution in [0.25, 0.3) is 0 Å². The van der Waals surface area contributed by atoms with Gasteiger partial charge in [-0.1, -0.05) is 37.6 Å². The van der Waals surface area contributed by atoms with Crippen LogP contribution in [0.3, 0.4) is 0 Å². The molecule has 1 aliphatic carbocycles. The number of aryl methyl sites for hydroxylation is 3. The lowest BCUT2D eigenvalue weighted by Gasteiger charge is -2.35. The van der Waals surface area contributed by atoms with Gasteiger partial charge in [0, 0.05) is 17.8 Å². The maximum Gasteiger partial charge on any atom is 0.421 e. The first-order valence-corrected chi connectivity index (χ1v) is 12.8. The molecular formula is C26H27F3N2O4S. The highest BCUT2D eigenvalue weighted by atomic mass is 32.2. The van der Waals surface area contributed by atoms with E-state index in [1.54, 1.807) is 44.5 Å². The molecule has 1 heterocycles. The number of carbonyl (C=O) groups excluding carboxylic acids is 2. The number of halogens is 3. The molecule has 1 amide bonds. The summed E-state index contributed by atoms with van der Waals surface area (Å²) in [6.45, 7) is 8.71. The smallest absolute Gasteiger partial charge is 0.294 e. The Bertz CT molecular complexity index is 1410. The van der Waals surface area contributed by atoms with Gasteiger partial charge in [0.25, 0.3) is 5.91 Å². The van der Waals surface area contributed by atoms with Crippen LogP contribution in [0.5, 0.6) is 0 Å². The van der Waals surface area contributed by atoms with Crippen molar-refractivity contribution in [2.75, 3.05) is 4.90 Å². The zero-order valence-corrected chi connectivity index (χ0v) is 21.4. The molecule has 0 saturated carbocycles.